The number of hydrogen-bond donors (Lipinski definition) is 6. The monoisotopic (exact) mass is 1400 g/mol. The Morgan fingerprint density at radius 2 is 1.11 bits per heavy atom. The lowest BCUT2D eigenvalue weighted by Gasteiger charge is -2.26. The lowest BCUT2D eigenvalue weighted by atomic mass is 10.1. The number of carbonyl (C=O) groups is 3. The average molecular weight is 1400 g/mol. The van der Waals surface area contributed by atoms with Crippen molar-refractivity contribution in [1.82, 2.24) is 25.8 Å². The average Bonchev–Trinajstić information content (AvgIpc) is 4.19. The second-order valence-electron chi connectivity index (χ2n) is 19.0. The minimum atomic E-state index is -1.08. The summed E-state index contributed by atoms with van der Waals surface area (Å²) in [5.41, 5.74) is 6.42. The molecule has 6 aromatic carbocycles. The van der Waals surface area contributed by atoms with E-state index in [2.05, 4.69) is 103 Å². The number of benzene rings is 6. The van der Waals surface area contributed by atoms with Crippen LogP contribution in [0.25, 0.3) is 0 Å². The quantitative estimate of drug-likeness (QED) is 0.0366. The van der Waals surface area contributed by atoms with E-state index < -0.39 is 23.4 Å². The molecule has 9 rings (SSSR count). The zero-order valence-corrected chi connectivity index (χ0v) is 51.2. The molecule has 7 aromatic rings. The number of anilines is 6. The lowest BCUT2D eigenvalue weighted by Crippen LogP contribution is -2.41. The van der Waals surface area contributed by atoms with Crippen molar-refractivity contribution in [2.45, 2.75) is 40.0 Å². The van der Waals surface area contributed by atoms with E-state index in [-0.39, 0.29) is 34.6 Å². The van der Waals surface area contributed by atoms with Gasteiger partial charge in [-0.2, -0.15) is 0 Å². The van der Waals surface area contributed by atoms with E-state index in [1.54, 1.807) is 35.6 Å². The third kappa shape index (κ3) is 18.4. The molecule has 0 saturated carbocycles. The van der Waals surface area contributed by atoms with Gasteiger partial charge in [-0.1, -0.05) is 28.1 Å². The number of nitrogens with zero attached hydrogens (tertiary/aromatic N) is 2. The van der Waals surface area contributed by atoms with Gasteiger partial charge < -0.3 is 41.5 Å². The summed E-state index contributed by atoms with van der Waals surface area (Å²) in [5.74, 6) is -3.84. The number of rotatable bonds is 18. The summed E-state index contributed by atoms with van der Waals surface area (Å²) in [7, 11) is 0. The topological polar surface area (TPSA) is 139 Å². The third-order valence-corrected chi connectivity index (χ3v) is 15.9. The number of halogens is 7. The van der Waals surface area contributed by atoms with E-state index in [1.807, 2.05) is 80.7 Å². The molecule has 2 fully saturated rings. The van der Waals surface area contributed by atoms with Gasteiger partial charge >= 0.3 is 0 Å². The first kappa shape index (κ1) is 62.0. The number of aryl methyl sites for hydroxylation is 3. The van der Waals surface area contributed by atoms with Gasteiger partial charge in [-0.05, 0) is 224 Å². The Morgan fingerprint density at radius 1 is 0.562 bits per heavy atom. The maximum atomic E-state index is 14.5. The second-order valence-corrected chi connectivity index (χ2v) is 23.4. The molecule has 20 heteroatoms. The van der Waals surface area contributed by atoms with Crippen molar-refractivity contribution in [1.29, 1.82) is 0 Å². The molecule has 0 radical (unpaired) electrons. The van der Waals surface area contributed by atoms with Crippen LogP contribution in [0.15, 0.2) is 125 Å². The predicted octanol–water partition coefficient (Wildman–Crippen LogP) is 13.7. The summed E-state index contributed by atoms with van der Waals surface area (Å²) < 4.78 is 64.9. The van der Waals surface area contributed by atoms with Crippen molar-refractivity contribution >= 4 is 124 Å². The molecule has 3 amide bonds. The number of ether oxygens (including phenoxy) is 1. The Hall–Kier alpha value is -5.63. The normalized spacial score (nSPS) is 13.3. The van der Waals surface area contributed by atoms with Crippen LogP contribution < -0.4 is 31.9 Å². The molecule has 80 heavy (non-hydrogen) atoms. The molecule has 0 spiro atoms. The Kier molecular flexibility index (Phi) is 24.0. The molecular formula is C60H63BrF4I2N8O4S. The van der Waals surface area contributed by atoms with Crippen LogP contribution in [0.5, 0.6) is 0 Å². The number of carbonyl (C=O) groups excluding carboxylic acids is 3. The molecule has 12 nitrogen and oxygen atoms in total. The highest BCUT2D eigenvalue weighted by Gasteiger charge is 2.22. The van der Waals surface area contributed by atoms with Crippen LogP contribution in [0.1, 0.15) is 65.5 Å². The lowest BCUT2D eigenvalue weighted by molar-refractivity contribution is 0.0383. The molecule has 2 aliphatic rings. The van der Waals surface area contributed by atoms with Crippen molar-refractivity contribution in [2.75, 3.05) is 88.1 Å². The summed E-state index contributed by atoms with van der Waals surface area (Å²) in [4.78, 5) is 43.5. The largest absolute Gasteiger partial charge is 0.379 e. The molecule has 0 atom stereocenters. The van der Waals surface area contributed by atoms with Gasteiger partial charge in [0.1, 0.15) is 11.6 Å². The minimum Gasteiger partial charge on any atom is -0.379 e. The molecule has 3 heterocycles. The first-order valence-corrected chi connectivity index (χ1v) is 29.9. The number of nitrogens with one attached hydrogen (secondary N) is 6. The van der Waals surface area contributed by atoms with Gasteiger partial charge in [-0.25, -0.2) is 17.6 Å². The van der Waals surface area contributed by atoms with Crippen molar-refractivity contribution in [3.8, 4) is 0 Å². The summed E-state index contributed by atoms with van der Waals surface area (Å²) in [5, 5.41) is 19.8. The number of thiophene rings is 1. The highest BCUT2D eigenvalue weighted by Crippen LogP contribution is 2.31. The van der Waals surface area contributed by atoms with Crippen molar-refractivity contribution in [3.63, 3.8) is 0 Å². The van der Waals surface area contributed by atoms with E-state index in [0.717, 1.165) is 84.9 Å². The predicted molar refractivity (Wildman–Crippen MR) is 334 cm³/mol. The van der Waals surface area contributed by atoms with Gasteiger partial charge in [0.2, 0.25) is 0 Å². The molecule has 0 bridgehead atoms. The maximum Gasteiger partial charge on any atom is 0.253 e. The summed E-state index contributed by atoms with van der Waals surface area (Å²) in [6.07, 6.45) is 3.23. The minimum absolute atomic E-state index is 0.0585. The second kappa shape index (κ2) is 31.0. The highest BCUT2D eigenvalue weighted by molar-refractivity contribution is 14.1. The van der Waals surface area contributed by atoms with Crippen LogP contribution in [0, 0.1) is 51.2 Å². The molecule has 1 aromatic heterocycles. The van der Waals surface area contributed by atoms with E-state index in [0.29, 0.717) is 61.9 Å². The first-order chi connectivity index (χ1) is 38.5. The fourth-order valence-electron chi connectivity index (χ4n) is 8.76. The molecule has 2 saturated heterocycles. The van der Waals surface area contributed by atoms with E-state index in [4.69, 9.17) is 4.74 Å². The van der Waals surface area contributed by atoms with Crippen LogP contribution in [0.2, 0.25) is 0 Å². The number of hydrogen-bond acceptors (Lipinski definition) is 10. The van der Waals surface area contributed by atoms with E-state index in [1.165, 1.54) is 48.1 Å². The van der Waals surface area contributed by atoms with Crippen LogP contribution in [0.4, 0.5) is 51.7 Å². The van der Waals surface area contributed by atoms with Gasteiger partial charge in [0, 0.05) is 79.4 Å². The highest BCUT2D eigenvalue weighted by atomic mass is 127. The van der Waals surface area contributed by atoms with Gasteiger partial charge in [0.05, 0.1) is 47.0 Å². The number of likely N-dealkylation sites (tertiary alicyclic amines) is 1. The SMILES string of the molecule is Cc1cc(Br)ccc1Nc1c(C(=O)NCCN2CCOCC2)ccc(F)c1F.Cc1cc(I)ccc1Nc1c(F)cccc1C(=O)NCCN1CCCC1.Cc1cc(I)ccc1Nc1cc(F)ccc1C(=O)NCCc1cccs1. The Bertz CT molecular complexity index is 3240. The van der Waals surface area contributed by atoms with Gasteiger partial charge in [-0.3, -0.25) is 19.3 Å². The fraction of sp³-hybridized carbons (Fsp3) is 0.283. The summed E-state index contributed by atoms with van der Waals surface area (Å²) in [6, 6.07) is 32.2. The summed E-state index contributed by atoms with van der Waals surface area (Å²) in [6.45, 7) is 14.0. The molecule has 422 valence electrons. The van der Waals surface area contributed by atoms with Gasteiger partial charge in [0.25, 0.3) is 17.7 Å². The smallest absolute Gasteiger partial charge is 0.253 e. The number of para-hydroxylation sites is 1. The molecule has 6 N–H and O–H groups in total. The van der Waals surface area contributed by atoms with Crippen LogP contribution >= 0.6 is 72.4 Å². The van der Waals surface area contributed by atoms with Gasteiger partial charge in [-0.15, -0.1) is 11.3 Å². The number of morpholine rings is 1. The molecule has 2 aliphatic heterocycles. The van der Waals surface area contributed by atoms with Crippen LogP contribution in [-0.4, -0.2) is 99.6 Å². The standard InChI is InChI=1S/C20H22BrF2N3O2.C20H23FIN3O.C20H18FIN2OS/c1-13-12-14(21)2-5-17(13)25-19-15(3-4-16(22)18(19)23)20(27)24-6-7-26-8-10-28-11-9-26;1-14-13-15(22)7-8-18(14)24-19-16(5-4-6-17(19)21)20(26)23-9-12-25-10-2-3-11-25;1-13-11-15(22)5-7-18(13)24-19-12-14(21)4-6-17(19)20(25)23-9-8-16-3-2-10-26-16/h2-5,12,25H,6-11H2,1H3,(H,24,27);4-8,13,24H,2-3,9-12H2,1H3,(H,23,26);2-7,10-12,24H,8-9H2,1H3,(H,23,25). The van der Waals surface area contributed by atoms with Crippen molar-refractivity contribution in [3.05, 3.63) is 194 Å². The van der Waals surface area contributed by atoms with E-state index >= 15 is 0 Å². The fourth-order valence-corrected chi connectivity index (χ4v) is 11.2. The van der Waals surface area contributed by atoms with Crippen LogP contribution in [0.3, 0.4) is 0 Å². The van der Waals surface area contributed by atoms with Crippen LogP contribution in [-0.2, 0) is 11.2 Å². The zero-order valence-electron chi connectivity index (χ0n) is 44.5. The molecule has 0 aliphatic carbocycles. The van der Waals surface area contributed by atoms with Crippen molar-refractivity contribution < 1.29 is 36.7 Å². The Morgan fingerprint density at radius 3 is 1.73 bits per heavy atom. The first-order valence-electron chi connectivity index (χ1n) is 26.1. The van der Waals surface area contributed by atoms with Gasteiger partial charge in [0.15, 0.2) is 11.6 Å². The maximum absolute atomic E-state index is 14.5. The Labute approximate surface area is 504 Å². The summed E-state index contributed by atoms with van der Waals surface area (Å²) >= 11 is 9.52. The zero-order chi connectivity index (χ0) is 57.1. The molecular weight excluding hydrogens is 1340 g/mol. The van der Waals surface area contributed by atoms with E-state index in [9.17, 15) is 31.9 Å². The molecule has 0 unspecified atom stereocenters. The number of amides is 3. The van der Waals surface area contributed by atoms with Crippen molar-refractivity contribution in [2.24, 2.45) is 0 Å². The third-order valence-electron chi connectivity index (χ3n) is 13.1. The Balaban J connectivity index is 0.000000174.